The summed E-state index contributed by atoms with van der Waals surface area (Å²) in [5.41, 5.74) is 1.08. The zero-order valence-corrected chi connectivity index (χ0v) is 16.5. The van der Waals surface area contributed by atoms with Gasteiger partial charge in [0.05, 0.1) is 12.7 Å². The molecule has 1 aromatic carbocycles. The first-order valence-corrected chi connectivity index (χ1v) is 9.05. The zero-order valence-electron chi connectivity index (χ0n) is 16.5. The molecule has 0 aliphatic heterocycles. The lowest BCUT2D eigenvalue weighted by atomic mass is 9.76. The van der Waals surface area contributed by atoms with Crippen LogP contribution in [0.5, 0.6) is 5.75 Å². The summed E-state index contributed by atoms with van der Waals surface area (Å²) in [4.78, 5) is 0. The van der Waals surface area contributed by atoms with Crippen molar-refractivity contribution >= 4 is 0 Å². The molecule has 138 valence electrons. The topological polar surface area (TPSA) is 27.7 Å². The molecule has 0 radical (unpaired) electrons. The number of rotatable bonds is 7. The van der Waals surface area contributed by atoms with Gasteiger partial charge in [0.2, 0.25) is 0 Å². The first-order chi connectivity index (χ1) is 11.7. The average molecular weight is 344 g/mol. The van der Waals surface area contributed by atoms with Crippen molar-refractivity contribution < 1.29 is 14.2 Å². The Morgan fingerprint density at radius 2 is 1.64 bits per heavy atom. The highest BCUT2D eigenvalue weighted by Crippen LogP contribution is 2.33. The Kier molecular flexibility index (Phi) is 6.54. The summed E-state index contributed by atoms with van der Waals surface area (Å²) in [6.07, 6.45) is 3.58. The van der Waals surface area contributed by atoms with Crippen LogP contribution in [0.1, 0.15) is 52.5 Å². The van der Waals surface area contributed by atoms with E-state index in [0.29, 0.717) is 6.10 Å². The van der Waals surface area contributed by atoms with Crippen LogP contribution in [-0.2, 0) is 9.47 Å². The molecular weight excluding hydrogens is 312 g/mol. The van der Waals surface area contributed by atoms with E-state index in [1.807, 2.05) is 24.3 Å². The highest BCUT2D eigenvalue weighted by Gasteiger charge is 2.30. The van der Waals surface area contributed by atoms with Crippen LogP contribution in [-0.4, -0.2) is 33.0 Å². The van der Waals surface area contributed by atoms with E-state index in [9.17, 15) is 0 Å². The van der Waals surface area contributed by atoms with Gasteiger partial charge >= 0.3 is 0 Å². The van der Waals surface area contributed by atoms with E-state index >= 15 is 0 Å². The molecule has 3 nitrogen and oxygen atoms in total. The molecule has 3 heteroatoms. The predicted octanol–water partition coefficient (Wildman–Crippen LogP) is 4.68. The van der Waals surface area contributed by atoms with E-state index < -0.39 is 0 Å². The monoisotopic (exact) mass is 344 g/mol. The van der Waals surface area contributed by atoms with Gasteiger partial charge < -0.3 is 14.2 Å². The molecule has 0 aromatic heterocycles. The summed E-state index contributed by atoms with van der Waals surface area (Å²) in [7, 11) is 3.51. The third-order valence-electron chi connectivity index (χ3n) is 4.54. The van der Waals surface area contributed by atoms with Crippen molar-refractivity contribution in [2.45, 2.75) is 59.2 Å². The van der Waals surface area contributed by atoms with Gasteiger partial charge in [-0.3, -0.25) is 0 Å². The first-order valence-electron chi connectivity index (χ1n) is 9.05. The van der Waals surface area contributed by atoms with Crippen LogP contribution in [0, 0.1) is 22.7 Å². The molecule has 0 bridgehead atoms. The van der Waals surface area contributed by atoms with Gasteiger partial charge in [-0.2, -0.15) is 0 Å². The van der Waals surface area contributed by atoms with E-state index in [1.165, 1.54) is 0 Å². The highest BCUT2D eigenvalue weighted by molar-refractivity contribution is 5.39. The van der Waals surface area contributed by atoms with Crippen LogP contribution in [0.2, 0.25) is 0 Å². The number of hydrogen-bond donors (Lipinski definition) is 0. The van der Waals surface area contributed by atoms with E-state index in [-0.39, 0.29) is 16.9 Å². The van der Waals surface area contributed by atoms with Crippen LogP contribution in [0.15, 0.2) is 24.3 Å². The van der Waals surface area contributed by atoms with Gasteiger partial charge in [0.25, 0.3) is 0 Å². The van der Waals surface area contributed by atoms with Crippen LogP contribution in [0.3, 0.4) is 0 Å². The molecule has 1 fully saturated rings. The quantitative estimate of drug-likeness (QED) is 0.672. The molecule has 0 heterocycles. The van der Waals surface area contributed by atoms with Crippen molar-refractivity contribution in [3.63, 3.8) is 0 Å². The van der Waals surface area contributed by atoms with Crippen LogP contribution in [0.25, 0.3) is 0 Å². The number of hydrogen-bond acceptors (Lipinski definition) is 3. The Labute approximate surface area is 153 Å². The van der Waals surface area contributed by atoms with Crippen LogP contribution in [0.4, 0.5) is 0 Å². The van der Waals surface area contributed by atoms with E-state index in [1.54, 1.807) is 14.2 Å². The normalized spacial score (nSPS) is 20.4. The van der Waals surface area contributed by atoms with Gasteiger partial charge in [-0.25, -0.2) is 0 Å². The summed E-state index contributed by atoms with van der Waals surface area (Å²) < 4.78 is 16.5. The fraction of sp³-hybridized carbons (Fsp3) is 0.636. The summed E-state index contributed by atoms with van der Waals surface area (Å²) in [5, 5.41) is 0. The lowest BCUT2D eigenvalue weighted by molar-refractivity contribution is -0.0381. The molecule has 25 heavy (non-hydrogen) atoms. The Morgan fingerprint density at radius 1 is 1.00 bits per heavy atom. The lowest BCUT2D eigenvalue weighted by Crippen LogP contribution is -2.38. The van der Waals surface area contributed by atoms with Gasteiger partial charge in [-0.1, -0.05) is 25.7 Å². The minimum Gasteiger partial charge on any atom is -0.490 e. The first kappa shape index (κ1) is 19.8. The third kappa shape index (κ3) is 6.38. The molecule has 0 spiro atoms. The van der Waals surface area contributed by atoms with Gasteiger partial charge in [0, 0.05) is 38.0 Å². The SMILES string of the molecule is COCC(C)(C)CC(C)(C)C#Cc1ccc(OC2CC(OC)C2)cc1. The van der Waals surface area contributed by atoms with Crippen molar-refractivity contribution in [2.75, 3.05) is 20.8 Å². The Bertz CT molecular complexity index is 598. The van der Waals surface area contributed by atoms with Crippen molar-refractivity contribution in [1.82, 2.24) is 0 Å². The van der Waals surface area contributed by atoms with E-state index in [4.69, 9.17) is 14.2 Å². The number of ether oxygens (including phenoxy) is 3. The molecule has 0 unspecified atom stereocenters. The maximum atomic E-state index is 5.93. The molecule has 0 amide bonds. The fourth-order valence-electron chi connectivity index (χ4n) is 3.54. The molecule has 0 N–H and O–H groups in total. The molecule has 1 saturated carbocycles. The largest absolute Gasteiger partial charge is 0.490 e. The molecule has 1 aromatic rings. The second-order valence-electron chi connectivity index (χ2n) is 8.50. The van der Waals surface area contributed by atoms with Crippen molar-refractivity contribution in [3.05, 3.63) is 29.8 Å². The second-order valence-corrected chi connectivity index (χ2v) is 8.50. The van der Waals surface area contributed by atoms with Crippen molar-refractivity contribution in [1.29, 1.82) is 0 Å². The van der Waals surface area contributed by atoms with E-state index in [0.717, 1.165) is 37.2 Å². The van der Waals surface area contributed by atoms with Crippen LogP contribution >= 0.6 is 0 Å². The highest BCUT2D eigenvalue weighted by atomic mass is 16.5. The molecular formula is C22H32O3. The van der Waals surface area contributed by atoms with Gasteiger partial charge in [-0.15, -0.1) is 0 Å². The summed E-state index contributed by atoms with van der Waals surface area (Å²) in [6.45, 7) is 9.58. The van der Waals surface area contributed by atoms with Gasteiger partial charge in [0.15, 0.2) is 0 Å². The lowest BCUT2D eigenvalue weighted by Gasteiger charge is -2.34. The minimum atomic E-state index is -0.0572. The smallest absolute Gasteiger partial charge is 0.119 e. The maximum Gasteiger partial charge on any atom is 0.119 e. The predicted molar refractivity (Wildman–Crippen MR) is 102 cm³/mol. The summed E-state index contributed by atoms with van der Waals surface area (Å²) in [6, 6.07) is 8.08. The number of benzene rings is 1. The molecule has 2 rings (SSSR count). The summed E-state index contributed by atoms with van der Waals surface area (Å²) >= 11 is 0. The number of methoxy groups -OCH3 is 2. The Balaban J connectivity index is 1.91. The van der Waals surface area contributed by atoms with Gasteiger partial charge in [0.1, 0.15) is 11.9 Å². The zero-order chi connectivity index (χ0) is 18.5. The molecule has 0 saturated heterocycles. The molecule has 0 atom stereocenters. The maximum absolute atomic E-state index is 5.93. The van der Waals surface area contributed by atoms with Gasteiger partial charge in [-0.05, 0) is 49.9 Å². The average Bonchev–Trinajstić information content (AvgIpc) is 2.48. The third-order valence-corrected chi connectivity index (χ3v) is 4.54. The minimum absolute atomic E-state index is 0.0572. The van der Waals surface area contributed by atoms with Crippen LogP contribution < -0.4 is 4.74 Å². The van der Waals surface area contributed by atoms with Crippen molar-refractivity contribution in [2.24, 2.45) is 10.8 Å². The Hall–Kier alpha value is -1.50. The second kappa shape index (κ2) is 8.25. The van der Waals surface area contributed by atoms with Crippen molar-refractivity contribution in [3.8, 4) is 17.6 Å². The molecule has 1 aliphatic rings. The Morgan fingerprint density at radius 3 is 2.20 bits per heavy atom. The van der Waals surface area contributed by atoms with E-state index in [2.05, 4.69) is 39.5 Å². The standard InChI is InChI=1S/C22H32O3/c1-21(2,15-22(3,4)16-23-5)12-11-17-7-9-18(10-8-17)25-20-13-19(14-20)24-6/h7-10,19-20H,13-16H2,1-6H3. The summed E-state index contributed by atoms with van der Waals surface area (Å²) in [5.74, 6) is 7.64. The fourth-order valence-corrected chi connectivity index (χ4v) is 3.54. The molecule has 1 aliphatic carbocycles.